The minimum atomic E-state index is 0.0323. The molecule has 0 radical (unpaired) electrons. The fourth-order valence-corrected chi connectivity index (χ4v) is 4.68. The Labute approximate surface area is 202 Å². The van der Waals surface area contributed by atoms with Crippen LogP contribution in [0.4, 0.5) is 5.69 Å². The summed E-state index contributed by atoms with van der Waals surface area (Å²) in [5, 5.41) is 0. The molecule has 34 heavy (non-hydrogen) atoms. The van der Waals surface area contributed by atoms with E-state index in [-0.39, 0.29) is 11.8 Å². The first-order valence-corrected chi connectivity index (χ1v) is 12.4. The zero-order chi connectivity index (χ0) is 24.1. The lowest BCUT2D eigenvalue weighted by molar-refractivity contribution is -0.127. The number of aliphatic imine (C=N–C) groups is 1. The molecule has 0 atom stereocenters. The maximum atomic E-state index is 13.3. The van der Waals surface area contributed by atoms with Crippen molar-refractivity contribution in [2.24, 2.45) is 10.7 Å². The molecular weight excluding hydrogens is 424 g/mol. The van der Waals surface area contributed by atoms with Crippen molar-refractivity contribution < 1.29 is 9.59 Å². The lowest BCUT2D eigenvalue weighted by Gasteiger charge is -2.22. The molecule has 2 aliphatic heterocycles. The second-order valence-electron chi connectivity index (χ2n) is 9.09. The van der Waals surface area contributed by atoms with Gasteiger partial charge in [0.25, 0.3) is 5.91 Å². The molecule has 1 saturated heterocycles. The van der Waals surface area contributed by atoms with Crippen molar-refractivity contribution in [1.82, 2.24) is 9.80 Å². The number of amides is 2. The van der Waals surface area contributed by atoms with E-state index in [9.17, 15) is 9.59 Å². The van der Waals surface area contributed by atoms with Crippen LogP contribution in [-0.2, 0) is 4.79 Å². The Morgan fingerprint density at radius 1 is 0.971 bits per heavy atom. The Morgan fingerprint density at radius 3 is 2.26 bits per heavy atom. The number of amidine groups is 1. The van der Waals surface area contributed by atoms with Gasteiger partial charge in [0.15, 0.2) is 0 Å². The lowest BCUT2D eigenvalue weighted by Crippen LogP contribution is -2.34. The van der Waals surface area contributed by atoms with Crippen LogP contribution in [0.15, 0.2) is 53.0 Å². The highest BCUT2D eigenvalue weighted by molar-refractivity contribution is 6.05. The van der Waals surface area contributed by atoms with Crippen LogP contribution < -0.4 is 5.73 Å². The molecule has 0 saturated carbocycles. The predicted octanol–water partition coefficient (Wildman–Crippen LogP) is 5.01. The van der Waals surface area contributed by atoms with Crippen molar-refractivity contribution in [2.45, 2.75) is 46.0 Å². The molecule has 0 bridgehead atoms. The van der Waals surface area contributed by atoms with Gasteiger partial charge in [0.1, 0.15) is 5.84 Å². The van der Waals surface area contributed by atoms with Gasteiger partial charge in [0.2, 0.25) is 5.91 Å². The van der Waals surface area contributed by atoms with Crippen molar-refractivity contribution in [3.05, 3.63) is 59.2 Å². The molecule has 2 aromatic carbocycles. The number of benzene rings is 2. The summed E-state index contributed by atoms with van der Waals surface area (Å²) in [5.41, 5.74) is 11.2. The van der Waals surface area contributed by atoms with E-state index in [0.717, 1.165) is 79.8 Å². The molecule has 2 heterocycles. The second-order valence-corrected chi connectivity index (χ2v) is 9.09. The van der Waals surface area contributed by atoms with Gasteiger partial charge in [0, 0.05) is 49.3 Å². The van der Waals surface area contributed by atoms with E-state index in [0.29, 0.717) is 17.8 Å². The molecule has 6 nitrogen and oxygen atoms in total. The van der Waals surface area contributed by atoms with Crippen molar-refractivity contribution in [2.75, 3.05) is 26.2 Å². The minimum Gasteiger partial charge on any atom is -0.387 e. The smallest absolute Gasteiger partial charge is 0.253 e. The Hall–Kier alpha value is -3.41. The Kier molecular flexibility index (Phi) is 7.46. The molecule has 178 valence electrons. The van der Waals surface area contributed by atoms with E-state index in [1.807, 2.05) is 58.3 Å². The van der Waals surface area contributed by atoms with E-state index in [1.165, 1.54) is 0 Å². The zero-order valence-corrected chi connectivity index (χ0v) is 20.2. The van der Waals surface area contributed by atoms with Crippen LogP contribution in [0.1, 0.15) is 61.9 Å². The number of carbonyl (C=O) groups excluding carboxylic acids is 2. The van der Waals surface area contributed by atoms with Crippen LogP contribution in [0, 0.1) is 0 Å². The van der Waals surface area contributed by atoms with Gasteiger partial charge in [-0.05, 0) is 67.2 Å². The van der Waals surface area contributed by atoms with Crippen LogP contribution in [0.2, 0.25) is 0 Å². The number of hydrogen-bond acceptors (Lipinski definition) is 4. The third kappa shape index (κ3) is 5.22. The molecule has 2 N–H and O–H groups in total. The van der Waals surface area contributed by atoms with Crippen molar-refractivity contribution >= 4 is 29.4 Å². The summed E-state index contributed by atoms with van der Waals surface area (Å²) >= 11 is 0. The second kappa shape index (κ2) is 10.7. The fourth-order valence-electron chi connectivity index (χ4n) is 4.68. The summed E-state index contributed by atoms with van der Waals surface area (Å²) < 4.78 is 0. The fraction of sp³-hybridized carbons (Fsp3) is 0.393. The van der Waals surface area contributed by atoms with E-state index >= 15 is 0 Å². The maximum absolute atomic E-state index is 13.3. The first-order valence-electron chi connectivity index (χ1n) is 12.4. The van der Waals surface area contributed by atoms with E-state index in [1.54, 1.807) is 0 Å². The van der Waals surface area contributed by atoms with Gasteiger partial charge in [0.05, 0.1) is 5.69 Å². The van der Waals surface area contributed by atoms with Crippen LogP contribution in [0.5, 0.6) is 0 Å². The number of hydrogen-bond donors (Lipinski definition) is 1. The minimum absolute atomic E-state index is 0.0323. The number of carbonyl (C=O) groups is 2. The first-order chi connectivity index (χ1) is 16.5. The predicted molar refractivity (Wildman–Crippen MR) is 138 cm³/mol. The van der Waals surface area contributed by atoms with Crippen LogP contribution >= 0.6 is 0 Å². The maximum Gasteiger partial charge on any atom is 0.253 e. The van der Waals surface area contributed by atoms with Crippen LogP contribution in [0.25, 0.3) is 17.2 Å². The van der Waals surface area contributed by atoms with Crippen LogP contribution in [-0.4, -0.2) is 53.6 Å². The van der Waals surface area contributed by atoms with E-state index in [4.69, 9.17) is 5.73 Å². The quantitative estimate of drug-likeness (QED) is 0.633. The van der Waals surface area contributed by atoms with Crippen molar-refractivity contribution in [1.29, 1.82) is 0 Å². The lowest BCUT2D eigenvalue weighted by atomic mass is 9.99. The number of fused-ring (bicyclic) bond motifs is 1. The number of likely N-dealkylation sites (tertiary alicyclic amines) is 1. The highest BCUT2D eigenvalue weighted by Gasteiger charge is 2.22. The van der Waals surface area contributed by atoms with Gasteiger partial charge in [-0.1, -0.05) is 32.0 Å². The molecule has 6 heteroatoms. The molecule has 2 aromatic rings. The largest absolute Gasteiger partial charge is 0.387 e. The Bertz CT molecular complexity index is 1110. The molecular formula is C28H34N4O2. The topological polar surface area (TPSA) is 79.0 Å². The standard InChI is InChI=1S/C28H34N4O2/c1-3-13-31(14-4-2)28(34)24-18-23-17-22(11-12-25(23)30-26(29)19-24)20-7-9-21(10-8-20)27(33)32-15-5-6-16-32/h7-12,17-18H,3-6,13-16,19H2,1-2H3,(H2,29,30). The number of rotatable bonds is 7. The van der Waals surface area contributed by atoms with Crippen molar-refractivity contribution in [3.63, 3.8) is 0 Å². The van der Waals surface area contributed by atoms with Gasteiger partial charge >= 0.3 is 0 Å². The summed E-state index contributed by atoms with van der Waals surface area (Å²) in [6, 6.07) is 13.8. The first kappa shape index (κ1) is 23.7. The summed E-state index contributed by atoms with van der Waals surface area (Å²) in [5.74, 6) is 0.583. The molecule has 2 amide bonds. The third-order valence-corrected chi connectivity index (χ3v) is 6.40. The monoisotopic (exact) mass is 458 g/mol. The number of nitrogens with zero attached hydrogens (tertiary/aromatic N) is 3. The van der Waals surface area contributed by atoms with Gasteiger partial charge in [-0.3, -0.25) is 9.59 Å². The molecule has 0 unspecified atom stereocenters. The molecule has 4 rings (SSSR count). The van der Waals surface area contributed by atoms with Gasteiger partial charge in [-0.2, -0.15) is 0 Å². The molecule has 0 aromatic heterocycles. The van der Waals surface area contributed by atoms with Gasteiger partial charge in [-0.15, -0.1) is 0 Å². The molecule has 1 fully saturated rings. The van der Waals surface area contributed by atoms with Gasteiger partial charge in [-0.25, -0.2) is 4.99 Å². The van der Waals surface area contributed by atoms with E-state index in [2.05, 4.69) is 18.8 Å². The normalized spacial score (nSPS) is 15.3. The SMILES string of the molecule is CCCN(CCC)C(=O)C1=Cc2cc(-c3ccc(C(=O)N4CCCC4)cc3)ccc2N=C(N)C1. The van der Waals surface area contributed by atoms with Gasteiger partial charge < -0.3 is 15.5 Å². The average Bonchev–Trinajstić information content (AvgIpc) is 3.33. The van der Waals surface area contributed by atoms with Crippen LogP contribution in [0.3, 0.4) is 0 Å². The summed E-state index contributed by atoms with van der Waals surface area (Å²) in [4.78, 5) is 34.3. The summed E-state index contributed by atoms with van der Waals surface area (Å²) in [6.45, 7) is 7.32. The van der Waals surface area contributed by atoms with E-state index < -0.39 is 0 Å². The van der Waals surface area contributed by atoms with Crippen molar-refractivity contribution in [3.8, 4) is 11.1 Å². The third-order valence-electron chi connectivity index (χ3n) is 6.40. The molecule has 0 aliphatic carbocycles. The Morgan fingerprint density at radius 2 is 1.62 bits per heavy atom. The average molecular weight is 459 g/mol. The molecule has 0 spiro atoms. The highest BCUT2D eigenvalue weighted by atomic mass is 16.2. The molecule has 2 aliphatic rings. The Balaban J connectivity index is 1.62. The summed E-state index contributed by atoms with van der Waals surface area (Å²) in [6.07, 6.45) is 6.28. The zero-order valence-electron chi connectivity index (χ0n) is 20.2. The highest BCUT2D eigenvalue weighted by Crippen LogP contribution is 2.32. The summed E-state index contributed by atoms with van der Waals surface area (Å²) in [7, 11) is 0. The number of nitrogens with two attached hydrogens (primary N) is 1.